The Morgan fingerprint density at radius 2 is 2.15 bits per heavy atom. The van der Waals surface area contributed by atoms with E-state index in [1.807, 2.05) is 30.8 Å². The van der Waals surface area contributed by atoms with Crippen molar-refractivity contribution in [2.24, 2.45) is 0 Å². The van der Waals surface area contributed by atoms with Crippen LogP contribution in [0, 0.1) is 6.92 Å². The maximum absolute atomic E-state index is 12.2. The van der Waals surface area contributed by atoms with Crippen LogP contribution in [0.2, 0.25) is 5.02 Å². The Morgan fingerprint density at radius 1 is 1.40 bits per heavy atom. The van der Waals surface area contributed by atoms with Gasteiger partial charge in [-0.1, -0.05) is 18.5 Å². The largest absolute Gasteiger partial charge is 0.299 e. The molecule has 4 nitrogen and oxygen atoms in total. The maximum atomic E-state index is 12.2. The molecule has 0 spiro atoms. The van der Waals surface area contributed by atoms with E-state index in [0.29, 0.717) is 17.9 Å². The molecule has 0 N–H and O–H groups in total. The summed E-state index contributed by atoms with van der Waals surface area (Å²) >= 11 is 7.84. The van der Waals surface area contributed by atoms with Crippen LogP contribution in [0.3, 0.4) is 0 Å². The molecule has 0 aliphatic heterocycles. The molecule has 0 aliphatic carbocycles. The maximum Gasteiger partial charge on any atom is 0.145 e. The molecule has 0 aliphatic rings. The van der Waals surface area contributed by atoms with Crippen LogP contribution in [0.5, 0.6) is 0 Å². The lowest BCUT2D eigenvalue weighted by Gasteiger charge is -2.04. The van der Waals surface area contributed by atoms with E-state index in [4.69, 9.17) is 11.6 Å². The van der Waals surface area contributed by atoms with Gasteiger partial charge in [0, 0.05) is 17.6 Å². The van der Waals surface area contributed by atoms with Gasteiger partial charge in [-0.2, -0.15) is 5.10 Å². The van der Waals surface area contributed by atoms with E-state index in [1.54, 1.807) is 0 Å². The molecule has 0 saturated carbocycles. The summed E-state index contributed by atoms with van der Waals surface area (Å²) in [5.41, 5.74) is 2.65. The average molecular weight is 312 g/mol. The molecule has 0 atom stereocenters. The minimum atomic E-state index is 0.124. The number of Topliss-reactive ketones (excluding diaryl/α,β-unsaturated/α-hetero) is 1. The molecule has 6 heteroatoms. The molecule has 0 unspecified atom stereocenters. The SMILES string of the molecule is CCc1nn(CC)c(CC(=O)Cc2nc(C)cs2)c1Cl. The van der Waals surface area contributed by atoms with Gasteiger partial charge in [0.15, 0.2) is 0 Å². The summed E-state index contributed by atoms with van der Waals surface area (Å²) in [5.74, 6) is 0.124. The molecule has 0 bridgehead atoms. The van der Waals surface area contributed by atoms with E-state index in [-0.39, 0.29) is 5.78 Å². The average Bonchev–Trinajstić information content (AvgIpc) is 2.95. The van der Waals surface area contributed by atoms with Crippen LogP contribution >= 0.6 is 22.9 Å². The van der Waals surface area contributed by atoms with Crippen molar-refractivity contribution in [3.63, 3.8) is 0 Å². The zero-order chi connectivity index (χ0) is 14.7. The Bertz CT molecular complexity index is 618. The molecule has 0 radical (unpaired) electrons. The van der Waals surface area contributed by atoms with Gasteiger partial charge in [0.25, 0.3) is 0 Å². The van der Waals surface area contributed by atoms with Crippen molar-refractivity contribution in [2.75, 3.05) is 0 Å². The number of nitrogens with zero attached hydrogens (tertiary/aromatic N) is 3. The number of thiazole rings is 1. The topological polar surface area (TPSA) is 47.8 Å². The highest BCUT2D eigenvalue weighted by Gasteiger charge is 2.18. The van der Waals surface area contributed by atoms with Crippen LogP contribution in [-0.2, 0) is 30.6 Å². The molecule has 0 amide bonds. The van der Waals surface area contributed by atoms with Crippen molar-refractivity contribution in [3.05, 3.63) is 32.5 Å². The van der Waals surface area contributed by atoms with Gasteiger partial charge in [-0.3, -0.25) is 9.48 Å². The number of hydrogen-bond acceptors (Lipinski definition) is 4. The summed E-state index contributed by atoms with van der Waals surface area (Å²) in [5, 5.41) is 7.89. The highest BCUT2D eigenvalue weighted by Crippen LogP contribution is 2.23. The van der Waals surface area contributed by atoms with Gasteiger partial charge in [0.2, 0.25) is 0 Å². The van der Waals surface area contributed by atoms with Crippen LogP contribution in [0.25, 0.3) is 0 Å². The fourth-order valence-corrected chi connectivity index (χ4v) is 3.22. The molecule has 2 rings (SSSR count). The minimum absolute atomic E-state index is 0.124. The van der Waals surface area contributed by atoms with E-state index >= 15 is 0 Å². The second-order valence-electron chi connectivity index (χ2n) is 4.65. The first-order chi connectivity index (χ1) is 9.55. The van der Waals surface area contributed by atoms with Crippen LogP contribution < -0.4 is 0 Å². The zero-order valence-electron chi connectivity index (χ0n) is 11.9. The summed E-state index contributed by atoms with van der Waals surface area (Å²) in [6, 6.07) is 0. The highest BCUT2D eigenvalue weighted by molar-refractivity contribution is 7.09. The fourth-order valence-electron chi connectivity index (χ4n) is 2.09. The van der Waals surface area contributed by atoms with Gasteiger partial charge in [-0.05, 0) is 20.3 Å². The molecule has 0 fully saturated rings. The first kappa shape index (κ1) is 15.2. The van der Waals surface area contributed by atoms with Gasteiger partial charge < -0.3 is 0 Å². The molecular weight excluding hydrogens is 294 g/mol. The third kappa shape index (κ3) is 3.27. The molecule has 108 valence electrons. The molecule has 2 aromatic rings. The second-order valence-corrected chi connectivity index (χ2v) is 5.97. The number of hydrogen-bond donors (Lipinski definition) is 0. The van der Waals surface area contributed by atoms with Gasteiger partial charge >= 0.3 is 0 Å². The predicted molar refractivity (Wildman–Crippen MR) is 81.6 cm³/mol. The van der Waals surface area contributed by atoms with E-state index in [0.717, 1.165) is 35.1 Å². The molecule has 2 aromatic heterocycles. The van der Waals surface area contributed by atoms with Crippen LogP contribution in [-0.4, -0.2) is 20.5 Å². The van der Waals surface area contributed by atoms with Crippen molar-refractivity contribution in [1.29, 1.82) is 0 Å². The Labute approximate surface area is 127 Å². The third-order valence-corrected chi connectivity index (χ3v) is 4.48. The molecular formula is C14H18ClN3OS. The third-order valence-electron chi connectivity index (χ3n) is 3.07. The quantitative estimate of drug-likeness (QED) is 0.823. The zero-order valence-corrected chi connectivity index (χ0v) is 13.5. The lowest BCUT2D eigenvalue weighted by atomic mass is 10.1. The van der Waals surface area contributed by atoms with Crippen LogP contribution in [0.15, 0.2) is 5.38 Å². The van der Waals surface area contributed by atoms with Crippen molar-refractivity contribution in [1.82, 2.24) is 14.8 Å². The van der Waals surface area contributed by atoms with E-state index < -0.39 is 0 Å². The van der Waals surface area contributed by atoms with Gasteiger partial charge in [-0.15, -0.1) is 11.3 Å². The number of carbonyl (C=O) groups excluding carboxylic acids is 1. The summed E-state index contributed by atoms with van der Waals surface area (Å²) < 4.78 is 1.83. The van der Waals surface area contributed by atoms with Crippen LogP contribution in [0.4, 0.5) is 0 Å². The summed E-state index contributed by atoms with van der Waals surface area (Å²) in [7, 11) is 0. The normalized spacial score (nSPS) is 11.0. The first-order valence-corrected chi connectivity index (χ1v) is 7.97. The standard InChI is InChI=1S/C14H18ClN3OS/c1-4-11-14(15)12(18(5-2)17-11)6-10(19)7-13-16-9(3)8-20-13/h8H,4-7H2,1-3H3. The number of ketones is 1. The molecule has 20 heavy (non-hydrogen) atoms. The monoisotopic (exact) mass is 311 g/mol. The van der Waals surface area contributed by atoms with Crippen molar-refractivity contribution in [3.8, 4) is 0 Å². The van der Waals surface area contributed by atoms with Gasteiger partial charge in [0.05, 0.1) is 29.3 Å². The molecule has 2 heterocycles. The smallest absolute Gasteiger partial charge is 0.145 e. The van der Waals surface area contributed by atoms with Gasteiger partial charge in [0.1, 0.15) is 10.8 Å². The number of halogens is 1. The van der Waals surface area contributed by atoms with E-state index in [1.165, 1.54) is 11.3 Å². The highest BCUT2D eigenvalue weighted by atomic mass is 35.5. The van der Waals surface area contributed by atoms with E-state index in [9.17, 15) is 4.79 Å². The summed E-state index contributed by atoms with van der Waals surface area (Å²) in [4.78, 5) is 16.5. The number of aromatic nitrogens is 3. The van der Waals surface area contributed by atoms with Crippen molar-refractivity contribution < 1.29 is 4.79 Å². The Balaban J connectivity index is 2.13. The van der Waals surface area contributed by atoms with Gasteiger partial charge in [-0.25, -0.2) is 4.98 Å². The number of carbonyl (C=O) groups is 1. The Morgan fingerprint density at radius 3 is 2.70 bits per heavy atom. The number of rotatable bonds is 6. The van der Waals surface area contributed by atoms with Crippen LogP contribution in [0.1, 0.15) is 35.9 Å². The van der Waals surface area contributed by atoms with Crippen molar-refractivity contribution >= 4 is 28.7 Å². The second kappa shape index (κ2) is 6.50. The Hall–Kier alpha value is -1.20. The van der Waals surface area contributed by atoms with E-state index in [2.05, 4.69) is 10.1 Å². The minimum Gasteiger partial charge on any atom is -0.299 e. The fraction of sp³-hybridized carbons (Fsp3) is 0.500. The lowest BCUT2D eigenvalue weighted by Crippen LogP contribution is -2.11. The lowest BCUT2D eigenvalue weighted by molar-refractivity contribution is -0.117. The molecule has 0 aromatic carbocycles. The summed E-state index contributed by atoms with van der Waals surface area (Å²) in [6.07, 6.45) is 1.46. The predicted octanol–water partition coefficient (Wildman–Crippen LogP) is 3.24. The Kier molecular flexibility index (Phi) is 4.94. The molecule has 0 saturated heterocycles. The summed E-state index contributed by atoms with van der Waals surface area (Å²) in [6.45, 7) is 6.67. The first-order valence-electron chi connectivity index (χ1n) is 6.71. The van der Waals surface area contributed by atoms with Crippen molar-refractivity contribution in [2.45, 2.75) is 46.6 Å². The number of aryl methyl sites for hydroxylation is 3.